The van der Waals surface area contributed by atoms with Crippen molar-refractivity contribution in [3.8, 4) is 11.3 Å². The van der Waals surface area contributed by atoms with Gasteiger partial charge >= 0.3 is 0 Å². The van der Waals surface area contributed by atoms with Gasteiger partial charge in [0.2, 0.25) is 0 Å². The van der Waals surface area contributed by atoms with E-state index in [0.717, 1.165) is 54.0 Å². The number of fused-ring (bicyclic) bond motifs is 1. The number of anilines is 1. The molecule has 0 bridgehead atoms. The van der Waals surface area contributed by atoms with Crippen molar-refractivity contribution in [1.29, 1.82) is 0 Å². The van der Waals surface area contributed by atoms with Crippen molar-refractivity contribution in [1.82, 2.24) is 9.97 Å². The molecule has 2 aromatic carbocycles. The molecule has 2 heterocycles. The Bertz CT molecular complexity index is 811. The standard InChI is InChI=1S/C19H19N3O/c23-15-10-12-22(13-11-15)19-18(14-6-2-1-3-7-14)20-16-8-4-5-9-17(16)21-19/h1-9,15,23H,10-13H2. The molecule has 0 saturated carbocycles. The van der Waals surface area contributed by atoms with Crippen LogP contribution in [-0.4, -0.2) is 34.3 Å². The van der Waals surface area contributed by atoms with Gasteiger partial charge in [-0.2, -0.15) is 0 Å². The Morgan fingerprint density at radius 3 is 2.13 bits per heavy atom. The van der Waals surface area contributed by atoms with Gasteiger partial charge in [0, 0.05) is 18.7 Å². The maximum absolute atomic E-state index is 9.77. The minimum Gasteiger partial charge on any atom is -0.393 e. The fraction of sp³-hybridized carbons (Fsp3) is 0.263. The van der Waals surface area contributed by atoms with E-state index in [2.05, 4.69) is 17.0 Å². The number of rotatable bonds is 2. The predicted molar refractivity (Wildman–Crippen MR) is 92.4 cm³/mol. The molecule has 0 spiro atoms. The number of aliphatic hydroxyl groups excluding tert-OH is 1. The van der Waals surface area contributed by atoms with Crippen LogP contribution in [0.3, 0.4) is 0 Å². The highest BCUT2D eigenvalue weighted by Gasteiger charge is 2.22. The number of hydrogen-bond donors (Lipinski definition) is 1. The van der Waals surface area contributed by atoms with Crippen molar-refractivity contribution in [3.05, 3.63) is 54.6 Å². The zero-order valence-electron chi connectivity index (χ0n) is 12.9. The first kappa shape index (κ1) is 14.2. The highest BCUT2D eigenvalue weighted by Crippen LogP contribution is 2.31. The molecule has 4 heteroatoms. The number of hydrogen-bond acceptors (Lipinski definition) is 4. The summed E-state index contributed by atoms with van der Waals surface area (Å²) in [5.41, 5.74) is 3.81. The summed E-state index contributed by atoms with van der Waals surface area (Å²) in [4.78, 5) is 12.0. The number of aliphatic hydroxyl groups is 1. The molecule has 1 aromatic heterocycles. The topological polar surface area (TPSA) is 49.2 Å². The molecule has 0 aliphatic carbocycles. The van der Waals surface area contributed by atoms with E-state index in [4.69, 9.17) is 9.97 Å². The Balaban J connectivity index is 1.86. The predicted octanol–water partition coefficient (Wildman–Crippen LogP) is 3.26. The molecule has 1 aliphatic heterocycles. The van der Waals surface area contributed by atoms with Crippen LogP contribution < -0.4 is 4.90 Å². The van der Waals surface area contributed by atoms with Gasteiger partial charge in [-0.15, -0.1) is 0 Å². The van der Waals surface area contributed by atoms with Crippen LogP contribution >= 0.6 is 0 Å². The third-order valence-electron chi connectivity index (χ3n) is 4.36. The number of aromatic nitrogens is 2. The highest BCUT2D eigenvalue weighted by molar-refractivity contribution is 5.83. The molecule has 4 nitrogen and oxygen atoms in total. The lowest BCUT2D eigenvalue weighted by molar-refractivity contribution is 0.145. The summed E-state index contributed by atoms with van der Waals surface area (Å²) in [6.45, 7) is 1.63. The lowest BCUT2D eigenvalue weighted by Crippen LogP contribution is -2.36. The van der Waals surface area contributed by atoms with Gasteiger partial charge in [-0.1, -0.05) is 42.5 Å². The molecule has 3 aromatic rings. The third-order valence-corrected chi connectivity index (χ3v) is 4.36. The van der Waals surface area contributed by atoms with Crippen LogP contribution in [0.2, 0.25) is 0 Å². The maximum atomic E-state index is 9.77. The zero-order chi connectivity index (χ0) is 15.6. The molecular weight excluding hydrogens is 286 g/mol. The van der Waals surface area contributed by atoms with Crippen LogP contribution in [0.25, 0.3) is 22.3 Å². The third kappa shape index (κ3) is 2.78. The van der Waals surface area contributed by atoms with E-state index >= 15 is 0 Å². The van der Waals surface area contributed by atoms with Gasteiger partial charge in [0.1, 0.15) is 5.69 Å². The molecule has 1 aliphatic rings. The normalized spacial score (nSPS) is 16.0. The summed E-state index contributed by atoms with van der Waals surface area (Å²) in [7, 11) is 0. The first-order valence-electron chi connectivity index (χ1n) is 8.06. The van der Waals surface area contributed by atoms with E-state index in [-0.39, 0.29) is 6.10 Å². The second kappa shape index (κ2) is 5.97. The summed E-state index contributed by atoms with van der Waals surface area (Å²) < 4.78 is 0. The van der Waals surface area contributed by atoms with Crippen LogP contribution in [0.1, 0.15) is 12.8 Å². The molecule has 1 saturated heterocycles. The first-order chi connectivity index (χ1) is 11.3. The minimum absolute atomic E-state index is 0.195. The van der Waals surface area contributed by atoms with Gasteiger partial charge in [-0.05, 0) is 25.0 Å². The Morgan fingerprint density at radius 2 is 1.43 bits per heavy atom. The molecule has 116 valence electrons. The van der Waals surface area contributed by atoms with Gasteiger partial charge in [0.05, 0.1) is 17.1 Å². The molecule has 4 rings (SSSR count). The van der Waals surface area contributed by atoms with E-state index in [1.165, 1.54) is 0 Å². The second-order valence-electron chi connectivity index (χ2n) is 5.97. The first-order valence-corrected chi connectivity index (χ1v) is 8.06. The van der Waals surface area contributed by atoms with Gasteiger partial charge in [-0.3, -0.25) is 0 Å². The summed E-state index contributed by atoms with van der Waals surface area (Å²) in [5.74, 6) is 0.918. The lowest BCUT2D eigenvalue weighted by atomic mass is 10.1. The smallest absolute Gasteiger partial charge is 0.155 e. The molecule has 23 heavy (non-hydrogen) atoms. The van der Waals surface area contributed by atoms with Gasteiger partial charge < -0.3 is 10.0 Å². The Morgan fingerprint density at radius 1 is 0.826 bits per heavy atom. The van der Waals surface area contributed by atoms with Gasteiger partial charge in [0.25, 0.3) is 0 Å². The number of piperidine rings is 1. The van der Waals surface area contributed by atoms with Crippen LogP contribution in [0.15, 0.2) is 54.6 Å². The lowest BCUT2D eigenvalue weighted by Gasteiger charge is -2.31. The summed E-state index contributed by atoms with van der Waals surface area (Å²) in [5, 5.41) is 9.77. The largest absolute Gasteiger partial charge is 0.393 e. The van der Waals surface area contributed by atoms with Gasteiger partial charge in [-0.25, -0.2) is 9.97 Å². The van der Waals surface area contributed by atoms with Crippen molar-refractivity contribution in [2.75, 3.05) is 18.0 Å². The summed E-state index contributed by atoms with van der Waals surface area (Å²) >= 11 is 0. The monoisotopic (exact) mass is 305 g/mol. The zero-order valence-corrected chi connectivity index (χ0v) is 12.9. The molecule has 0 amide bonds. The number of benzene rings is 2. The second-order valence-corrected chi connectivity index (χ2v) is 5.97. The average molecular weight is 305 g/mol. The SMILES string of the molecule is OC1CCN(c2nc3ccccc3nc2-c2ccccc2)CC1. The molecule has 1 N–H and O–H groups in total. The van der Waals surface area contributed by atoms with Crippen LogP contribution in [0.4, 0.5) is 5.82 Å². The van der Waals surface area contributed by atoms with Crippen molar-refractivity contribution >= 4 is 16.9 Å². The molecule has 1 fully saturated rings. The van der Waals surface area contributed by atoms with E-state index in [0.29, 0.717) is 0 Å². The van der Waals surface area contributed by atoms with Crippen LogP contribution in [-0.2, 0) is 0 Å². The molecule has 0 unspecified atom stereocenters. The van der Waals surface area contributed by atoms with Crippen molar-refractivity contribution in [2.24, 2.45) is 0 Å². The Labute approximate surface area is 135 Å². The maximum Gasteiger partial charge on any atom is 0.155 e. The van der Waals surface area contributed by atoms with Crippen molar-refractivity contribution in [3.63, 3.8) is 0 Å². The molecular formula is C19H19N3O. The summed E-state index contributed by atoms with van der Waals surface area (Å²) in [6.07, 6.45) is 1.37. The van der Waals surface area contributed by atoms with Crippen LogP contribution in [0, 0.1) is 0 Å². The minimum atomic E-state index is -0.195. The highest BCUT2D eigenvalue weighted by atomic mass is 16.3. The molecule has 0 radical (unpaired) electrons. The number of nitrogens with zero attached hydrogens (tertiary/aromatic N) is 3. The van der Waals surface area contributed by atoms with E-state index < -0.39 is 0 Å². The van der Waals surface area contributed by atoms with E-state index in [9.17, 15) is 5.11 Å². The average Bonchev–Trinajstić information content (AvgIpc) is 2.62. The summed E-state index contributed by atoms with van der Waals surface area (Å²) in [6, 6.07) is 18.2. The quantitative estimate of drug-likeness (QED) is 0.789. The Kier molecular flexibility index (Phi) is 3.67. The van der Waals surface area contributed by atoms with E-state index in [1.807, 2.05) is 42.5 Å². The molecule has 0 atom stereocenters. The number of para-hydroxylation sites is 2. The van der Waals surface area contributed by atoms with Crippen molar-refractivity contribution < 1.29 is 5.11 Å². The van der Waals surface area contributed by atoms with Crippen molar-refractivity contribution in [2.45, 2.75) is 18.9 Å². The van der Waals surface area contributed by atoms with Crippen LogP contribution in [0.5, 0.6) is 0 Å². The van der Waals surface area contributed by atoms with E-state index in [1.54, 1.807) is 0 Å². The van der Waals surface area contributed by atoms with Gasteiger partial charge in [0.15, 0.2) is 5.82 Å². The fourth-order valence-electron chi connectivity index (χ4n) is 3.08. The Hall–Kier alpha value is -2.46. The fourth-order valence-corrected chi connectivity index (χ4v) is 3.08.